The number of unbranched alkanes of at least 4 members (excludes halogenated alkanes) is 7. The Labute approximate surface area is 304 Å². The molecule has 4 aliphatic carbocycles. The van der Waals surface area contributed by atoms with Gasteiger partial charge in [0.05, 0.1) is 0 Å². The summed E-state index contributed by atoms with van der Waals surface area (Å²) in [6, 6.07) is 0. The van der Waals surface area contributed by atoms with Gasteiger partial charge in [-0.1, -0.05) is 132 Å². The van der Waals surface area contributed by atoms with Crippen LogP contribution in [0.4, 0.5) is 0 Å². The zero-order valence-corrected chi connectivity index (χ0v) is 33.4. The number of allylic oxidation sites excluding steroid dienone is 1. The molecule has 3 fully saturated rings. The minimum Gasteiger partial charge on any atom is -0.461 e. The van der Waals surface area contributed by atoms with Crippen molar-refractivity contribution in [2.45, 2.75) is 163 Å². The zero-order chi connectivity index (χ0) is 34.6. The Kier molecular flexibility index (Phi) is 16.6. The molecule has 3 saturated carbocycles. The van der Waals surface area contributed by atoms with E-state index in [9.17, 15) is 4.79 Å². The van der Waals surface area contributed by atoms with Crippen molar-refractivity contribution < 1.29 is 9.53 Å². The second kappa shape index (κ2) is 19.9. The van der Waals surface area contributed by atoms with Gasteiger partial charge in [0, 0.05) is 24.4 Å². The third-order valence-corrected chi connectivity index (χ3v) is 15.8. The van der Waals surface area contributed by atoms with Crippen LogP contribution in [-0.4, -0.2) is 36.7 Å². The zero-order valence-electron chi connectivity index (χ0n) is 31.8. The quantitative estimate of drug-likeness (QED) is 0.0507. The van der Waals surface area contributed by atoms with Gasteiger partial charge >= 0.3 is 5.97 Å². The number of esters is 1. The van der Waals surface area contributed by atoms with Crippen molar-refractivity contribution in [3.05, 3.63) is 23.9 Å². The highest BCUT2D eigenvalue weighted by molar-refractivity contribution is 8.76. The number of hydrogen-bond donors (Lipinski definition) is 2. The summed E-state index contributed by atoms with van der Waals surface area (Å²) in [5.74, 6) is 6.36. The molecule has 8 atom stereocenters. The maximum Gasteiger partial charge on any atom is 0.317 e. The average Bonchev–Trinajstić information content (AvgIpc) is 3.41. The molecule has 0 heterocycles. The van der Waals surface area contributed by atoms with Crippen LogP contribution in [0.1, 0.15) is 157 Å². The summed E-state index contributed by atoms with van der Waals surface area (Å²) < 4.78 is 6.08. The van der Waals surface area contributed by atoms with Crippen LogP contribution in [0.3, 0.4) is 0 Å². The molecule has 0 radical (unpaired) electrons. The average molecular weight is 703 g/mol. The molecule has 0 spiro atoms. The Morgan fingerprint density at radius 2 is 1.62 bits per heavy atom. The minimum atomic E-state index is -0.0510. The summed E-state index contributed by atoms with van der Waals surface area (Å²) in [6.45, 7) is 18.6. The van der Waals surface area contributed by atoms with E-state index in [1.165, 1.54) is 109 Å². The number of carbonyl (C=O) groups excluding carboxylic acids is 1. The highest BCUT2D eigenvalue weighted by Crippen LogP contribution is 2.67. The van der Waals surface area contributed by atoms with Crippen LogP contribution < -0.4 is 11.1 Å². The first-order chi connectivity index (χ1) is 23.1. The monoisotopic (exact) mass is 703 g/mol. The highest BCUT2D eigenvalue weighted by Gasteiger charge is 2.59. The Morgan fingerprint density at radius 1 is 0.917 bits per heavy atom. The molecule has 0 aromatic carbocycles. The molecule has 3 N–H and O–H groups in total. The molecule has 276 valence electrons. The molecule has 4 nitrogen and oxygen atoms in total. The van der Waals surface area contributed by atoms with Crippen molar-refractivity contribution in [3.8, 4) is 0 Å². The summed E-state index contributed by atoms with van der Waals surface area (Å²) in [7, 11) is 3.32. The van der Waals surface area contributed by atoms with Crippen molar-refractivity contribution in [1.29, 1.82) is 0 Å². The van der Waals surface area contributed by atoms with Gasteiger partial charge in [-0.3, -0.25) is 4.79 Å². The smallest absolute Gasteiger partial charge is 0.317 e. The summed E-state index contributed by atoms with van der Waals surface area (Å²) in [5, 5.41) is 3.47. The Bertz CT molecular complexity index is 1030. The molecule has 0 amide bonds. The predicted octanol–water partition coefficient (Wildman–Crippen LogP) is 11.5. The van der Waals surface area contributed by atoms with E-state index in [1.54, 1.807) is 27.2 Å². The first-order valence-electron chi connectivity index (χ1n) is 20.3. The van der Waals surface area contributed by atoms with E-state index in [2.05, 4.69) is 52.6 Å². The van der Waals surface area contributed by atoms with Gasteiger partial charge in [0.25, 0.3) is 0 Å². The van der Waals surface area contributed by atoms with Crippen LogP contribution in [0.25, 0.3) is 0 Å². The van der Waals surface area contributed by atoms with Crippen molar-refractivity contribution in [3.63, 3.8) is 0 Å². The highest BCUT2D eigenvalue weighted by atomic mass is 33.1. The number of rotatable bonds is 22. The SMILES string of the molecule is C=C(CSSCC(=O)O[C@H]1CC[C@@]2(C)C(=CC[C@H]3[C@@H]4CC[C@H]([C@H](C)CCCC(C)C)[C@@]4(C)CC[C@@H]32)C1)NCCCCCCCCCCN. The Balaban J connectivity index is 1.12. The van der Waals surface area contributed by atoms with E-state index in [4.69, 9.17) is 10.5 Å². The Hall–Kier alpha value is -0.590. The van der Waals surface area contributed by atoms with Crippen molar-refractivity contribution in [1.82, 2.24) is 5.32 Å². The van der Waals surface area contributed by atoms with Gasteiger partial charge in [0.1, 0.15) is 11.9 Å². The van der Waals surface area contributed by atoms with Crippen LogP contribution in [-0.2, 0) is 9.53 Å². The van der Waals surface area contributed by atoms with Crippen molar-refractivity contribution >= 4 is 27.6 Å². The molecular weight excluding hydrogens is 629 g/mol. The molecule has 0 unspecified atom stereocenters. The van der Waals surface area contributed by atoms with E-state index in [1.807, 2.05) is 0 Å². The standard InChI is InChI=1S/C42H74N2O2S2/c1-31(2)16-15-17-32(3)37-20-21-38-36-19-18-34-28-35(22-24-41(34,5)39(36)23-25-42(37,38)6)46-40(45)30-48-47-29-33(4)44-27-14-12-10-8-7-9-11-13-26-43/h18,31-32,35-39,44H,4,7-17,19-30,43H2,1-3,5-6H3/t32-,35+,36+,37-,38+,39+,41+,42-/m1/s1. The van der Waals surface area contributed by atoms with Gasteiger partial charge in [-0.2, -0.15) is 0 Å². The topological polar surface area (TPSA) is 64.3 Å². The fraction of sp³-hybridized carbons (Fsp3) is 0.881. The largest absolute Gasteiger partial charge is 0.461 e. The molecule has 4 rings (SSSR count). The lowest BCUT2D eigenvalue weighted by Crippen LogP contribution is -2.51. The Morgan fingerprint density at radius 3 is 2.35 bits per heavy atom. The van der Waals surface area contributed by atoms with E-state index >= 15 is 0 Å². The summed E-state index contributed by atoms with van der Waals surface area (Å²) >= 11 is 0. The van der Waals surface area contributed by atoms with Crippen LogP contribution in [0.2, 0.25) is 0 Å². The first-order valence-corrected chi connectivity index (χ1v) is 22.8. The molecule has 0 bridgehead atoms. The predicted molar refractivity (Wildman–Crippen MR) is 211 cm³/mol. The molecule has 6 heteroatoms. The fourth-order valence-corrected chi connectivity index (χ4v) is 12.6. The summed E-state index contributed by atoms with van der Waals surface area (Å²) in [6.07, 6.45) is 27.3. The molecular formula is C42H74N2O2S2. The molecule has 0 aromatic rings. The molecule has 4 aliphatic rings. The van der Waals surface area contributed by atoms with Crippen LogP contribution in [0.15, 0.2) is 23.9 Å². The fourth-order valence-electron chi connectivity index (χ4n) is 10.8. The number of carbonyl (C=O) groups is 1. The second-order valence-electron chi connectivity index (χ2n) is 17.3. The van der Waals surface area contributed by atoms with E-state index in [-0.39, 0.29) is 12.1 Å². The molecule has 0 aliphatic heterocycles. The maximum absolute atomic E-state index is 12.8. The summed E-state index contributed by atoms with van der Waals surface area (Å²) in [5.41, 5.74) is 9.07. The number of ether oxygens (including phenoxy) is 1. The minimum absolute atomic E-state index is 0.0510. The number of nitrogens with two attached hydrogens (primary N) is 1. The van der Waals surface area contributed by atoms with Crippen LogP contribution >= 0.6 is 21.6 Å². The second-order valence-corrected chi connectivity index (χ2v) is 19.8. The lowest BCUT2D eigenvalue weighted by molar-refractivity contribution is -0.148. The third kappa shape index (κ3) is 11.0. The van der Waals surface area contributed by atoms with Gasteiger partial charge in [0.15, 0.2) is 0 Å². The van der Waals surface area contributed by atoms with Crippen molar-refractivity contribution in [2.75, 3.05) is 24.6 Å². The number of fused-ring (bicyclic) bond motifs is 5. The van der Waals surface area contributed by atoms with E-state index in [0.29, 0.717) is 16.6 Å². The van der Waals surface area contributed by atoms with Gasteiger partial charge < -0.3 is 15.8 Å². The third-order valence-electron chi connectivity index (χ3n) is 13.6. The van der Waals surface area contributed by atoms with Gasteiger partial charge in [-0.25, -0.2) is 0 Å². The number of nitrogens with one attached hydrogen (secondary N) is 1. The maximum atomic E-state index is 12.8. The summed E-state index contributed by atoms with van der Waals surface area (Å²) in [4.78, 5) is 12.8. The first kappa shape index (κ1) is 40.2. The van der Waals surface area contributed by atoms with E-state index in [0.717, 1.165) is 72.9 Å². The van der Waals surface area contributed by atoms with Crippen molar-refractivity contribution in [2.24, 2.45) is 52.1 Å². The molecule has 0 aromatic heterocycles. The molecule has 48 heavy (non-hydrogen) atoms. The normalized spacial score (nSPS) is 31.8. The van der Waals surface area contributed by atoms with Gasteiger partial charge in [-0.05, 0) is 111 Å². The number of hydrogen-bond acceptors (Lipinski definition) is 6. The molecule has 0 saturated heterocycles. The van der Waals surface area contributed by atoms with Crippen LogP contribution in [0, 0.1) is 46.3 Å². The van der Waals surface area contributed by atoms with Crippen LogP contribution in [0.5, 0.6) is 0 Å². The van der Waals surface area contributed by atoms with E-state index < -0.39 is 0 Å². The lowest BCUT2D eigenvalue weighted by Gasteiger charge is -2.58. The van der Waals surface area contributed by atoms with Gasteiger partial charge in [-0.15, -0.1) is 0 Å². The van der Waals surface area contributed by atoms with Gasteiger partial charge in [0.2, 0.25) is 0 Å². The lowest BCUT2D eigenvalue weighted by atomic mass is 9.47.